The highest BCUT2D eigenvalue weighted by atomic mass is 79.9. The molecule has 1 aromatic carbocycles. The van der Waals surface area contributed by atoms with Gasteiger partial charge < -0.3 is 15.6 Å². The Balaban J connectivity index is 2.28. The average Bonchev–Trinajstić information content (AvgIpc) is 2.39. The van der Waals surface area contributed by atoms with Crippen molar-refractivity contribution in [2.75, 3.05) is 19.8 Å². The lowest BCUT2D eigenvalue weighted by Crippen LogP contribution is -2.41. The van der Waals surface area contributed by atoms with Gasteiger partial charge in [-0.1, -0.05) is 34.1 Å². The first-order valence-electron chi connectivity index (χ1n) is 5.90. The molecular formula is C13H18BrNO2. The molecule has 1 fully saturated rings. The average molecular weight is 300 g/mol. The highest BCUT2D eigenvalue weighted by Gasteiger charge is 2.39. The highest BCUT2D eigenvalue weighted by molar-refractivity contribution is 9.10. The van der Waals surface area contributed by atoms with Crippen molar-refractivity contribution in [3.63, 3.8) is 0 Å². The fourth-order valence-corrected chi connectivity index (χ4v) is 2.90. The van der Waals surface area contributed by atoms with Gasteiger partial charge in [-0.3, -0.25) is 0 Å². The lowest BCUT2D eigenvalue weighted by molar-refractivity contribution is -0.0584. The number of halogens is 1. The van der Waals surface area contributed by atoms with Crippen LogP contribution in [0, 0.1) is 5.41 Å². The molecule has 0 spiro atoms. The summed E-state index contributed by atoms with van der Waals surface area (Å²) in [4.78, 5) is 0. The molecule has 1 aromatic rings. The van der Waals surface area contributed by atoms with Crippen molar-refractivity contribution in [3.8, 4) is 0 Å². The summed E-state index contributed by atoms with van der Waals surface area (Å²) in [6.45, 7) is 1.84. The van der Waals surface area contributed by atoms with Crippen LogP contribution in [0.2, 0.25) is 0 Å². The van der Waals surface area contributed by atoms with E-state index >= 15 is 0 Å². The molecule has 3 nitrogen and oxygen atoms in total. The van der Waals surface area contributed by atoms with Gasteiger partial charge >= 0.3 is 0 Å². The zero-order valence-electron chi connectivity index (χ0n) is 9.73. The summed E-state index contributed by atoms with van der Waals surface area (Å²) in [5.74, 6) is 0. The molecule has 1 heterocycles. The molecule has 2 rings (SSSR count). The molecule has 0 amide bonds. The Morgan fingerprint density at radius 3 is 2.59 bits per heavy atom. The van der Waals surface area contributed by atoms with E-state index in [4.69, 9.17) is 10.5 Å². The molecule has 1 aliphatic rings. The summed E-state index contributed by atoms with van der Waals surface area (Å²) in [6.07, 6.45) is 1.09. The SMILES string of the molecule is NCC1(C(O)c2ccccc2Br)CCOCC1. The Morgan fingerprint density at radius 2 is 2.00 bits per heavy atom. The smallest absolute Gasteiger partial charge is 0.0870 e. The lowest BCUT2D eigenvalue weighted by atomic mass is 9.73. The number of nitrogens with two attached hydrogens (primary N) is 1. The van der Waals surface area contributed by atoms with Gasteiger partial charge in [0.1, 0.15) is 0 Å². The van der Waals surface area contributed by atoms with Gasteiger partial charge in [0, 0.05) is 29.6 Å². The van der Waals surface area contributed by atoms with Crippen molar-refractivity contribution in [3.05, 3.63) is 34.3 Å². The third kappa shape index (κ3) is 2.55. The molecule has 0 saturated carbocycles. The van der Waals surface area contributed by atoms with Crippen molar-refractivity contribution >= 4 is 15.9 Å². The van der Waals surface area contributed by atoms with Crippen molar-refractivity contribution in [1.29, 1.82) is 0 Å². The second-order valence-electron chi connectivity index (χ2n) is 4.60. The van der Waals surface area contributed by atoms with E-state index < -0.39 is 6.10 Å². The largest absolute Gasteiger partial charge is 0.388 e. The fourth-order valence-electron chi connectivity index (χ4n) is 2.39. The van der Waals surface area contributed by atoms with Crippen LogP contribution in [0.5, 0.6) is 0 Å². The Bertz CT molecular complexity index is 377. The van der Waals surface area contributed by atoms with E-state index in [2.05, 4.69) is 15.9 Å². The molecule has 0 aliphatic carbocycles. The van der Waals surface area contributed by atoms with Gasteiger partial charge in [0.15, 0.2) is 0 Å². The van der Waals surface area contributed by atoms with Crippen LogP contribution in [0.15, 0.2) is 28.7 Å². The zero-order chi connectivity index (χ0) is 12.3. The van der Waals surface area contributed by atoms with Crippen LogP contribution in [-0.4, -0.2) is 24.9 Å². The fraction of sp³-hybridized carbons (Fsp3) is 0.538. The minimum atomic E-state index is -0.535. The molecule has 1 saturated heterocycles. The predicted molar refractivity (Wildman–Crippen MR) is 70.6 cm³/mol. The van der Waals surface area contributed by atoms with E-state index in [0.29, 0.717) is 19.8 Å². The normalized spacial score (nSPS) is 21.1. The van der Waals surface area contributed by atoms with Crippen LogP contribution in [-0.2, 0) is 4.74 Å². The summed E-state index contributed by atoms with van der Waals surface area (Å²) >= 11 is 3.48. The summed E-state index contributed by atoms with van der Waals surface area (Å²) in [7, 11) is 0. The molecule has 3 N–H and O–H groups in total. The van der Waals surface area contributed by atoms with E-state index in [1.165, 1.54) is 0 Å². The Labute approximate surface area is 110 Å². The first kappa shape index (κ1) is 13.0. The number of hydrogen-bond acceptors (Lipinski definition) is 3. The first-order chi connectivity index (χ1) is 8.19. The van der Waals surface area contributed by atoms with Gasteiger partial charge in [-0.2, -0.15) is 0 Å². The topological polar surface area (TPSA) is 55.5 Å². The summed E-state index contributed by atoms with van der Waals surface area (Å²) in [6, 6.07) is 7.77. The zero-order valence-corrected chi connectivity index (χ0v) is 11.3. The van der Waals surface area contributed by atoms with Gasteiger partial charge in [0.25, 0.3) is 0 Å². The van der Waals surface area contributed by atoms with Crippen molar-refractivity contribution in [2.45, 2.75) is 18.9 Å². The van der Waals surface area contributed by atoms with E-state index in [9.17, 15) is 5.11 Å². The number of aliphatic hydroxyl groups is 1. The molecule has 1 atom stereocenters. The molecule has 4 heteroatoms. The maximum Gasteiger partial charge on any atom is 0.0870 e. The minimum Gasteiger partial charge on any atom is -0.388 e. The lowest BCUT2D eigenvalue weighted by Gasteiger charge is -2.40. The molecule has 0 aromatic heterocycles. The van der Waals surface area contributed by atoms with Crippen LogP contribution >= 0.6 is 15.9 Å². The third-order valence-corrected chi connectivity index (χ3v) is 4.40. The van der Waals surface area contributed by atoms with Crippen LogP contribution in [0.3, 0.4) is 0 Å². The summed E-state index contributed by atoms with van der Waals surface area (Å²) in [5, 5.41) is 10.6. The van der Waals surface area contributed by atoms with Crippen LogP contribution in [0.25, 0.3) is 0 Å². The van der Waals surface area contributed by atoms with Gasteiger partial charge in [-0.15, -0.1) is 0 Å². The standard InChI is InChI=1S/C13H18BrNO2/c14-11-4-2-1-3-10(11)12(16)13(9-15)5-7-17-8-6-13/h1-4,12,16H,5-9,15H2. The monoisotopic (exact) mass is 299 g/mol. The van der Waals surface area contributed by atoms with Gasteiger partial charge in [0.05, 0.1) is 6.10 Å². The van der Waals surface area contributed by atoms with E-state index in [0.717, 1.165) is 22.9 Å². The highest BCUT2D eigenvalue weighted by Crippen LogP contribution is 2.43. The van der Waals surface area contributed by atoms with Crippen molar-refractivity contribution in [1.82, 2.24) is 0 Å². The molecule has 0 bridgehead atoms. The predicted octanol–water partition coefficient (Wildman–Crippen LogP) is 2.24. The maximum atomic E-state index is 10.6. The molecule has 1 aliphatic heterocycles. The van der Waals surface area contributed by atoms with Gasteiger partial charge in [0.2, 0.25) is 0 Å². The molecule has 94 valence electrons. The second-order valence-corrected chi connectivity index (χ2v) is 5.46. The van der Waals surface area contributed by atoms with Crippen LogP contribution < -0.4 is 5.73 Å². The van der Waals surface area contributed by atoms with E-state index in [1.54, 1.807) is 0 Å². The van der Waals surface area contributed by atoms with Crippen molar-refractivity contribution < 1.29 is 9.84 Å². The minimum absolute atomic E-state index is 0.248. The number of aliphatic hydroxyl groups excluding tert-OH is 1. The number of benzene rings is 1. The quantitative estimate of drug-likeness (QED) is 0.900. The number of ether oxygens (including phenoxy) is 1. The molecular weight excluding hydrogens is 282 g/mol. The van der Waals surface area contributed by atoms with Crippen molar-refractivity contribution in [2.24, 2.45) is 11.1 Å². The molecule has 17 heavy (non-hydrogen) atoms. The van der Waals surface area contributed by atoms with Crippen LogP contribution in [0.1, 0.15) is 24.5 Å². The Hall–Kier alpha value is -0.420. The third-order valence-electron chi connectivity index (χ3n) is 3.67. The molecule has 1 unspecified atom stereocenters. The molecule has 0 radical (unpaired) electrons. The Morgan fingerprint density at radius 1 is 1.35 bits per heavy atom. The Kier molecular flexibility index (Phi) is 4.20. The van der Waals surface area contributed by atoms with Gasteiger partial charge in [-0.25, -0.2) is 0 Å². The summed E-state index contributed by atoms with van der Waals surface area (Å²) < 4.78 is 6.30. The van der Waals surface area contributed by atoms with E-state index in [-0.39, 0.29) is 5.41 Å². The van der Waals surface area contributed by atoms with E-state index in [1.807, 2.05) is 24.3 Å². The van der Waals surface area contributed by atoms with Gasteiger partial charge in [-0.05, 0) is 24.5 Å². The number of rotatable bonds is 3. The summed E-state index contributed by atoms with van der Waals surface area (Å²) in [5.41, 5.74) is 6.56. The maximum absolute atomic E-state index is 10.6. The second kappa shape index (κ2) is 5.48. The van der Waals surface area contributed by atoms with Crippen LogP contribution in [0.4, 0.5) is 0 Å². The number of hydrogen-bond donors (Lipinski definition) is 2. The first-order valence-corrected chi connectivity index (χ1v) is 6.69.